The standard InChI is InChI=1S/C25H31N3O2/c1-26-22(18-21-12-6-7-13-23(21)26)19-28(17-16-27-14-8-9-15-27)25(29)24(30-2)20-10-4-3-5-11-20/h3-7,10-13,18,24H,8-9,14-17,19H2,1-2H3/t24-/m0/s1. The van der Waals surface area contributed by atoms with Gasteiger partial charge in [0.2, 0.25) is 0 Å². The summed E-state index contributed by atoms with van der Waals surface area (Å²) in [6.07, 6.45) is 1.92. The van der Waals surface area contributed by atoms with E-state index < -0.39 is 6.10 Å². The van der Waals surface area contributed by atoms with Crippen LogP contribution in [0.2, 0.25) is 0 Å². The number of ether oxygens (including phenoxy) is 1. The Labute approximate surface area is 178 Å². The van der Waals surface area contributed by atoms with E-state index in [1.165, 1.54) is 23.7 Å². The summed E-state index contributed by atoms with van der Waals surface area (Å²) in [5, 5.41) is 1.20. The zero-order valence-electron chi connectivity index (χ0n) is 18.0. The van der Waals surface area contributed by atoms with E-state index in [0.717, 1.165) is 30.9 Å². The van der Waals surface area contributed by atoms with Gasteiger partial charge in [-0.05, 0) is 49.0 Å². The van der Waals surface area contributed by atoms with E-state index in [1.54, 1.807) is 7.11 Å². The lowest BCUT2D eigenvalue weighted by Crippen LogP contribution is -2.40. The van der Waals surface area contributed by atoms with Gasteiger partial charge in [0.15, 0.2) is 6.10 Å². The van der Waals surface area contributed by atoms with E-state index in [9.17, 15) is 4.79 Å². The molecular weight excluding hydrogens is 374 g/mol. The van der Waals surface area contributed by atoms with Crippen molar-refractivity contribution in [2.45, 2.75) is 25.5 Å². The number of methoxy groups -OCH3 is 1. The van der Waals surface area contributed by atoms with Crippen LogP contribution in [-0.2, 0) is 23.1 Å². The van der Waals surface area contributed by atoms with Gasteiger partial charge in [0.05, 0.1) is 6.54 Å². The Hall–Kier alpha value is -2.63. The van der Waals surface area contributed by atoms with Crippen molar-refractivity contribution in [3.63, 3.8) is 0 Å². The number of hydrogen-bond donors (Lipinski definition) is 0. The summed E-state index contributed by atoms with van der Waals surface area (Å²) in [7, 11) is 3.69. The fraction of sp³-hybridized carbons (Fsp3) is 0.400. The van der Waals surface area contributed by atoms with Crippen molar-refractivity contribution >= 4 is 16.8 Å². The topological polar surface area (TPSA) is 37.7 Å². The van der Waals surface area contributed by atoms with E-state index >= 15 is 0 Å². The average Bonchev–Trinajstić information content (AvgIpc) is 3.41. The second-order valence-electron chi connectivity index (χ2n) is 8.09. The molecule has 2 heterocycles. The van der Waals surface area contributed by atoms with Crippen LogP contribution in [0.4, 0.5) is 0 Å². The van der Waals surface area contributed by atoms with Gasteiger partial charge in [-0.15, -0.1) is 0 Å². The number of benzene rings is 2. The number of fused-ring (bicyclic) bond motifs is 1. The smallest absolute Gasteiger partial charge is 0.256 e. The third kappa shape index (κ3) is 4.42. The molecule has 158 valence electrons. The summed E-state index contributed by atoms with van der Waals surface area (Å²) >= 11 is 0. The van der Waals surface area contributed by atoms with Crippen molar-refractivity contribution in [1.29, 1.82) is 0 Å². The first-order valence-electron chi connectivity index (χ1n) is 10.8. The molecule has 1 saturated heterocycles. The number of para-hydroxylation sites is 1. The molecule has 0 aliphatic carbocycles. The highest BCUT2D eigenvalue weighted by molar-refractivity contribution is 5.83. The van der Waals surface area contributed by atoms with Crippen LogP contribution in [0.25, 0.3) is 10.9 Å². The van der Waals surface area contributed by atoms with E-state index in [2.05, 4.69) is 46.8 Å². The normalized spacial score (nSPS) is 15.5. The largest absolute Gasteiger partial charge is 0.367 e. The lowest BCUT2D eigenvalue weighted by molar-refractivity contribution is -0.143. The quantitative estimate of drug-likeness (QED) is 0.569. The van der Waals surface area contributed by atoms with Gasteiger partial charge < -0.3 is 19.1 Å². The highest BCUT2D eigenvalue weighted by atomic mass is 16.5. The Balaban J connectivity index is 1.59. The van der Waals surface area contributed by atoms with Gasteiger partial charge in [0.1, 0.15) is 0 Å². The number of likely N-dealkylation sites (tertiary alicyclic amines) is 1. The first kappa shape index (κ1) is 20.6. The molecule has 1 aliphatic heterocycles. The second-order valence-corrected chi connectivity index (χ2v) is 8.09. The minimum Gasteiger partial charge on any atom is -0.367 e. The predicted molar refractivity (Wildman–Crippen MR) is 120 cm³/mol. The van der Waals surface area contributed by atoms with Crippen LogP contribution < -0.4 is 0 Å². The van der Waals surface area contributed by atoms with Crippen molar-refractivity contribution in [2.24, 2.45) is 7.05 Å². The SMILES string of the molecule is CO[C@H](C(=O)N(CCN1CCCC1)Cc1cc2ccccc2n1C)c1ccccc1. The zero-order chi connectivity index (χ0) is 20.9. The molecule has 0 spiro atoms. The molecule has 0 radical (unpaired) electrons. The first-order valence-corrected chi connectivity index (χ1v) is 10.8. The molecule has 0 N–H and O–H groups in total. The Morgan fingerprint density at radius 1 is 1.07 bits per heavy atom. The number of amides is 1. The number of aromatic nitrogens is 1. The van der Waals surface area contributed by atoms with Gasteiger partial charge in [0.25, 0.3) is 5.91 Å². The maximum absolute atomic E-state index is 13.6. The predicted octanol–water partition coefficient (Wildman–Crippen LogP) is 3.99. The lowest BCUT2D eigenvalue weighted by Gasteiger charge is -2.29. The molecule has 1 fully saturated rings. The van der Waals surface area contributed by atoms with Gasteiger partial charge in [0, 0.05) is 38.5 Å². The minimum atomic E-state index is -0.584. The molecule has 5 heteroatoms. The average molecular weight is 406 g/mol. The Morgan fingerprint density at radius 3 is 2.47 bits per heavy atom. The third-order valence-electron chi connectivity index (χ3n) is 6.16. The molecule has 1 aliphatic rings. The van der Waals surface area contributed by atoms with Gasteiger partial charge in [-0.1, -0.05) is 48.5 Å². The van der Waals surface area contributed by atoms with Gasteiger partial charge in [-0.25, -0.2) is 0 Å². The van der Waals surface area contributed by atoms with Crippen molar-refractivity contribution in [3.8, 4) is 0 Å². The molecule has 3 aromatic rings. The fourth-order valence-electron chi connectivity index (χ4n) is 4.40. The number of carbonyl (C=O) groups excluding carboxylic acids is 1. The van der Waals surface area contributed by atoms with E-state index in [-0.39, 0.29) is 5.91 Å². The van der Waals surface area contributed by atoms with Crippen molar-refractivity contribution in [2.75, 3.05) is 33.3 Å². The molecule has 1 amide bonds. The number of nitrogens with zero attached hydrogens (tertiary/aromatic N) is 3. The summed E-state index contributed by atoms with van der Waals surface area (Å²) < 4.78 is 7.86. The summed E-state index contributed by atoms with van der Waals surface area (Å²) in [5.74, 6) is 0.0214. The Bertz CT molecular complexity index is 976. The molecule has 1 aromatic heterocycles. The van der Waals surface area contributed by atoms with Crippen LogP contribution in [0.15, 0.2) is 60.7 Å². The third-order valence-corrected chi connectivity index (χ3v) is 6.16. The summed E-state index contributed by atoms with van der Waals surface area (Å²) in [6, 6.07) is 20.3. The minimum absolute atomic E-state index is 0.0214. The molecule has 0 unspecified atom stereocenters. The van der Waals surface area contributed by atoms with Crippen molar-refractivity contribution < 1.29 is 9.53 Å². The molecule has 5 nitrogen and oxygen atoms in total. The van der Waals surface area contributed by atoms with Crippen LogP contribution in [0, 0.1) is 0 Å². The Morgan fingerprint density at radius 2 is 1.77 bits per heavy atom. The number of rotatable bonds is 8. The summed E-state index contributed by atoms with van der Waals surface area (Å²) in [5.41, 5.74) is 3.22. The van der Waals surface area contributed by atoms with Crippen LogP contribution in [-0.4, -0.2) is 53.6 Å². The number of carbonyl (C=O) groups is 1. The van der Waals surface area contributed by atoms with Crippen LogP contribution in [0.3, 0.4) is 0 Å². The molecule has 2 aromatic carbocycles. The second kappa shape index (κ2) is 9.45. The van der Waals surface area contributed by atoms with E-state index in [0.29, 0.717) is 13.1 Å². The molecular formula is C25H31N3O2. The zero-order valence-corrected chi connectivity index (χ0v) is 18.0. The number of hydrogen-bond acceptors (Lipinski definition) is 3. The van der Waals surface area contributed by atoms with Crippen LogP contribution in [0.1, 0.15) is 30.2 Å². The van der Waals surface area contributed by atoms with Crippen molar-refractivity contribution in [1.82, 2.24) is 14.4 Å². The number of aryl methyl sites for hydroxylation is 1. The molecule has 0 bridgehead atoms. The Kier molecular flexibility index (Phi) is 6.50. The monoisotopic (exact) mass is 405 g/mol. The van der Waals surface area contributed by atoms with Gasteiger partial charge in [-0.2, -0.15) is 0 Å². The highest BCUT2D eigenvalue weighted by Crippen LogP contribution is 2.23. The highest BCUT2D eigenvalue weighted by Gasteiger charge is 2.27. The van der Waals surface area contributed by atoms with E-state index in [1.807, 2.05) is 35.2 Å². The maximum Gasteiger partial charge on any atom is 0.256 e. The molecule has 1 atom stereocenters. The van der Waals surface area contributed by atoms with Gasteiger partial charge in [-0.3, -0.25) is 4.79 Å². The molecule has 30 heavy (non-hydrogen) atoms. The summed E-state index contributed by atoms with van der Waals surface area (Å²) in [6.45, 7) is 4.43. The van der Waals surface area contributed by atoms with E-state index in [4.69, 9.17) is 4.74 Å². The first-order chi connectivity index (χ1) is 14.7. The van der Waals surface area contributed by atoms with Crippen LogP contribution >= 0.6 is 0 Å². The maximum atomic E-state index is 13.6. The summed E-state index contributed by atoms with van der Waals surface area (Å²) in [4.78, 5) is 18.0. The van der Waals surface area contributed by atoms with Gasteiger partial charge >= 0.3 is 0 Å². The molecule has 4 rings (SSSR count). The molecule has 0 saturated carbocycles. The fourth-order valence-corrected chi connectivity index (χ4v) is 4.40. The van der Waals surface area contributed by atoms with Crippen LogP contribution in [0.5, 0.6) is 0 Å². The van der Waals surface area contributed by atoms with Crippen molar-refractivity contribution in [3.05, 3.63) is 71.9 Å². The lowest BCUT2D eigenvalue weighted by atomic mass is 10.1.